The first-order chi connectivity index (χ1) is 8.36. The molecule has 1 rings (SSSR count). The fourth-order valence-corrected chi connectivity index (χ4v) is 3.57. The van der Waals surface area contributed by atoms with Crippen molar-refractivity contribution in [3.8, 4) is 0 Å². The third-order valence-corrected chi connectivity index (χ3v) is 4.94. The van der Waals surface area contributed by atoms with Crippen LogP contribution in [0.25, 0.3) is 0 Å². The Morgan fingerprint density at radius 3 is 2.78 bits per heavy atom. The van der Waals surface area contributed by atoms with Crippen LogP contribution in [-0.2, 0) is 10.0 Å². The van der Waals surface area contributed by atoms with E-state index in [-0.39, 0.29) is 16.0 Å². The van der Waals surface area contributed by atoms with Gasteiger partial charge in [0.05, 0.1) is 5.02 Å². The summed E-state index contributed by atoms with van der Waals surface area (Å²) >= 11 is 9.05. The van der Waals surface area contributed by atoms with Crippen molar-refractivity contribution in [1.29, 1.82) is 0 Å². The lowest BCUT2D eigenvalue weighted by atomic mass is 10.2. The molecule has 102 valence electrons. The van der Waals surface area contributed by atoms with E-state index in [1.807, 2.05) is 0 Å². The van der Waals surface area contributed by atoms with Crippen LogP contribution in [0, 0.1) is 5.82 Å². The van der Waals surface area contributed by atoms with Crippen LogP contribution in [0.15, 0.2) is 23.1 Å². The largest absolute Gasteiger partial charge is 0.242 e. The van der Waals surface area contributed by atoms with Gasteiger partial charge in [-0.25, -0.2) is 17.5 Å². The monoisotopic (exact) mass is 357 g/mol. The van der Waals surface area contributed by atoms with Crippen LogP contribution in [0.4, 0.5) is 4.39 Å². The molecule has 0 heterocycles. The van der Waals surface area contributed by atoms with Crippen LogP contribution in [-0.4, -0.2) is 19.8 Å². The maximum atomic E-state index is 13.1. The fourth-order valence-electron chi connectivity index (χ4n) is 1.45. The van der Waals surface area contributed by atoms with Gasteiger partial charge in [0.2, 0.25) is 10.0 Å². The number of sulfonamides is 1. The number of benzene rings is 1. The normalized spacial score (nSPS) is 13.6. The molecule has 0 radical (unpaired) electrons. The van der Waals surface area contributed by atoms with E-state index in [0.29, 0.717) is 6.42 Å². The molecule has 7 heteroatoms. The van der Waals surface area contributed by atoms with Gasteiger partial charge in [0.25, 0.3) is 0 Å². The van der Waals surface area contributed by atoms with Crippen LogP contribution in [0.5, 0.6) is 0 Å². The Morgan fingerprint density at radius 1 is 1.50 bits per heavy atom. The van der Waals surface area contributed by atoms with Gasteiger partial charge in [-0.15, -0.1) is 0 Å². The molecular formula is C11H14BrClFNO2S. The van der Waals surface area contributed by atoms with E-state index in [9.17, 15) is 12.8 Å². The minimum atomic E-state index is -3.78. The smallest absolute Gasteiger partial charge is 0.208 e. The molecule has 0 aliphatic heterocycles. The molecule has 1 aromatic carbocycles. The van der Waals surface area contributed by atoms with Crippen LogP contribution in [0.3, 0.4) is 0 Å². The number of halogens is 3. The van der Waals surface area contributed by atoms with Crippen molar-refractivity contribution >= 4 is 37.6 Å². The molecule has 1 aromatic rings. The summed E-state index contributed by atoms with van der Waals surface area (Å²) in [5.41, 5.74) is 0. The van der Waals surface area contributed by atoms with Crippen molar-refractivity contribution in [2.75, 3.05) is 5.33 Å². The van der Waals surface area contributed by atoms with E-state index in [4.69, 9.17) is 11.6 Å². The second kappa shape index (κ2) is 6.84. The van der Waals surface area contributed by atoms with Gasteiger partial charge in [-0.1, -0.05) is 27.5 Å². The highest BCUT2D eigenvalue weighted by Gasteiger charge is 2.20. The highest BCUT2D eigenvalue weighted by molar-refractivity contribution is 9.09. The van der Waals surface area contributed by atoms with Crippen molar-refractivity contribution in [2.45, 2.75) is 30.7 Å². The first-order valence-electron chi connectivity index (χ1n) is 5.40. The number of nitrogens with one attached hydrogen (secondary N) is 1. The standard InChI is InChI=1S/C11H14BrClFNO2S/c1-8(3-2-6-12)15-18(16,17)11-7-9(14)4-5-10(11)13/h4-5,7-8,15H,2-3,6H2,1H3. The SMILES string of the molecule is CC(CCCBr)NS(=O)(=O)c1cc(F)ccc1Cl. The van der Waals surface area contributed by atoms with E-state index < -0.39 is 15.8 Å². The van der Waals surface area contributed by atoms with Gasteiger partial charge < -0.3 is 0 Å². The van der Waals surface area contributed by atoms with E-state index in [0.717, 1.165) is 23.9 Å². The van der Waals surface area contributed by atoms with Gasteiger partial charge in [0.15, 0.2) is 0 Å². The maximum absolute atomic E-state index is 13.1. The number of alkyl halides is 1. The number of rotatable bonds is 6. The Labute approximate surface area is 120 Å². The molecule has 18 heavy (non-hydrogen) atoms. The molecule has 0 saturated carbocycles. The van der Waals surface area contributed by atoms with Crippen molar-refractivity contribution in [3.63, 3.8) is 0 Å². The molecule has 0 fully saturated rings. The Morgan fingerprint density at radius 2 is 2.17 bits per heavy atom. The van der Waals surface area contributed by atoms with Crippen LogP contribution in [0.1, 0.15) is 19.8 Å². The lowest BCUT2D eigenvalue weighted by Crippen LogP contribution is -2.32. The predicted molar refractivity (Wildman–Crippen MR) is 74.2 cm³/mol. The number of hydrogen-bond donors (Lipinski definition) is 1. The van der Waals surface area contributed by atoms with Gasteiger partial charge >= 0.3 is 0 Å². The van der Waals surface area contributed by atoms with E-state index in [1.54, 1.807) is 6.92 Å². The lowest BCUT2D eigenvalue weighted by molar-refractivity contribution is 0.543. The van der Waals surface area contributed by atoms with E-state index in [1.165, 1.54) is 6.07 Å². The predicted octanol–water partition coefficient (Wildman–Crippen LogP) is 3.32. The third-order valence-electron chi connectivity index (χ3n) is 2.31. The molecule has 0 spiro atoms. The molecule has 0 saturated heterocycles. The maximum Gasteiger partial charge on any atom is 0.242 e. The summed E-state index contributed by atoms with van der Waals surface area (Å²) < 4.78 is 39.5. The minimum Gasteiger partial charge on any atom is -0.208 e. The molecule has 0 aliphatic carbocycles. The average Bonchev–Trinajstić information content (AvgIpc) is 2.29. The lowest BCUT2D eigenvalue weighted by Gasteiger charge is -2.14. The first kappa shape index (κ1) is 15.9. The zero-order valence-electron chi connectivity index (χ0n) is 9.79. The van der Waals surface area contributed by atoms with Crippen molar-refractivity contribution < 1.29 is 12.8 Å². The molecular weight excluding hydrogens is 345 g/mol. The zero-order valence-corrected chi connectivity index (χ0v) is 12.9. The molecule has 0 aromatic heterocycles. The highest BCUT2D eigenvalue weighted by atomic mass is 79.9. The Kier molecular flexibility index (Phi) is 6.04. The second-order valence-corrected chi connectivity index (χ2v) is 6.81. The van der Waals surface area contributed by atoms with Crippen molar-refractivity contribution in [1.82, 2.24) is 4.72 Å². The van der Waals surface area contributed by atoms with Crippen LogP contribution >= 0.6 is 27.5 Å². The minimum absolute atomic E-state index is 0.0107. The van der Waals surface area contributed by atoms with E-state index in [2.05, 4.69) is 20.7 Å². The molecule has 0 aliphatic rings. The summed E-state index contributed by atoms with van der Waals surface area (Å²) in [4.78, 5) is -0.227. The molecule has 0 bridgehead atoms. The third kappa shape index (κ3) is 4.50. The topological polar surface area (TPSA) is 46.2 Å². The van der Waals surface area contributed by atoms with Gasteiger partial charge in [-0.2, -0.15) is 0 Å². The number of hydrogen-bond acceptors (Lipinski definition) is 2. The summed E-state index contributed by atoms with van der Waals surface area (Å²) in [6.45, 7) is 1.76. The van der Waals surface area contributed by atoms with Crippen LogP contribution in [0.2, 0.25) is 5.02 Å². The summed E-state index contributed by atoms with van der Waals surface area (Å²) in [6, 6.07) is 3.04. The zero-order chi connectivity index (χ0) is 13.8. The van der Waals surface area contributed by atoms with Gasteiger partial charge in [0.1, 0.15) is 10.7 Å². The molecule has 3 nitrogen and oxygen atoms in total. The first-order valence-corrected chi connectivity index (χ1v) is 8.38. The van der Waals surface area contributed by atoms with Gasteiger partial charge in [-0.05, 0) is 38.0 Å². The van der Waals surface area contributed by atoms with Crippen molar-refractivity contribution in [2.24, 2.45) is 0 Å². The summed E-state index contributed by atoms with van der Waals surface area (Å²) in [7, 11) is -3.78. The quantitative estimate of drug-likeness (QED) is 0.793. The van der Waals surface area contributed by atoms with Gasteiger partial charge in [-0.3, -0.25) is 0 Å². The Bertz CT molecular complexity index is 510. The van der Waals surface area contributed by atoms with Crippen LogP contribution < -0.4 is 4.72 Å². The second-order valence-electron chi connectivity index (χ2n) is 3.93. The Hall–Kier alpha value is -0.170. The molecule has 1 unspecified atom stereocenters. The molecule has 1 atom stereocenters. The molecule has 1 N–H and O–H groups in total. The summed E-state index contributed by atoms with van der Waals surface area (Å²) in [5.74, 6) is -0.632. The van der Waals surface area contributed by atoms with E-state index >= 15 is 0 Å². The van der Waals surface area contributed by atoms with Crippen molar-refractivity contribution in [3.05, 3.63) is 29.0 Å². The molecule has 0 amide bonds. The van der Waals surface area contributed by atoms with Gasteiger partial charge in [0, 0.05) is 11.4 Å². The average molecular weight is 359 g/mol. The summed E-state index contributed by atoms with van der Waals surface area (Å²) in [6.07, 6.45) is 1.54. The fraction of sp³-hybridized carbons (Fsp3) is 0.455. The Balaban J connectivity index is 2.89. The summed E-state index contributed by atoms with van der Waals surface area (Å²) in [5, 5.41) is 0.816. The highest BCUT2D eigenvalue weighted by Crippen LogP contribution is 2.22.